The number of anilines is 1. The molecule has 0 aliphatic carbocycles. The molecular weight excluding hydrogens is 262 g/mol. The zero-order valence-electron chi connectivity index (χ0n) is 12.8. The van der Waals surface area contributed by atoms with E-state index in [1.54, 1.807) is 0 Å². The normalized spacial score (nSPS) is 10.6. The van der Waals surface area contributed by atoms with Crippen LogP contribution < -0.4 is 5.32 Å². The van der Waals surface area contributed by atoms with Crippen molar-refractivity contribution in [3.8, 4) is 0 Å². The van der Waals surface area contributed by atoms with Gasteiger partial charge in [-0.25, -0.2) is 0 Å². The van der Waals surface area contributed by atoms with E-state index in [1.807, 2.05) is 30.3 Å². The van der Waals surface area contributed by atoms with Crippen LogP contribution in [0.3, 0.4) is 0 Å². The van der Waals surface area contributed by atoms with E-state index < -0.39 is 0 Å². The van der Waals surface area contributed by atoms with Gasteiger partial charge in [0.25, 0.3) is 5.91 Å². The molecule has 112 valence electrons. The van der Waals surface area contributed by atoms with Crippen LogP contribution >= 0.6 is 0 Å². The summed E-state index contributed by atoms with van der Waals surface area (Å²) in [5.74, 6) is 0.463. The Morgan fingerprint density at radius 3 is 2.57 bits per heavy atom. The zero-order chi connectivity index (χ0) is 15.1. The van der Waals surface area contributed by atoms with Crippen LogP contribution in [0.25, 0.3) is 0 Å². The van der Waals surface area contributed by atoms with Crippen molar-refractivity contribution in [1.82, 2.24) is 10.2 Å². The Labute approximate surface area is 126 Å². The van der Waals surface area contributed by atoms with Gasteiger partial charge in [-0.3, -0.25) is 9.89 Å². The highest BCUT2D eigenvalue weighted by molar-refractivity contribution is 6.03. The van der Waals surface area contributed by atoms with Gasteiger partial charge in [-0.05, 0) is 37.0 Å². The minimum atomic E-state index is -0.119. The highest BCUT2D eigenvalue weighted by Gasteiger charge is 2.08. The summed E-state index contributed by atoms with van der Waals surface area (Å²) >= 11 is 0. The molecule has 21 heavy (non-hydrogen) atoms. The van der Waals surface area contributed by atoms with Crippen LogP contribution in [0.15, 0.2) is 30.3 Å². The van der Waals surface area contributed by atoms with Gasteiger partial charge >= 0.3 is 0 Å². The Bertz CT molecular complexity index is 572. The molecule has 1 heterocycles. The molecule has 0 bridgehead atoms. The lowest BCUT2D eigenvalue weighted by Gasteiger charge is -2.04. The fourth-order valence-corrected chi connectivity index (χ4v) is 2.22. The molecule has 0 atom stereocenters. The third-order valence-electron chi connectivity index (χ3n) is 3.43. The molecule has 0 saturated heterocycles. The van der Waals surface area contributed by atoms with Crippen molar-refractivity contribution >= 4 is 11.7 Å². The number of H-pyrrole nitrogens is 1. The number of aromatic nitrogens is 2. The first-order valence-corrected chi connectivity index (χ1v) is 7.67. The van der Waals surface area contributed by atoms with E-state index >= 15 is 0 Å². The maximum atomic E-state index is 12.1. The van der Waals surface area contributed by atoms with Gasteiger partial charge in [0.15, 0.2) is 5.82 Å². The molecule has 0 unspecified atom stereocenters. The Morgan fingerprint density at radius 2 is 1.90 bits per heavy atom. The second kappa shape index (κ2) is 7.62. The Balaban J connectivity index is 1.95. The van der Waals surface area contributed by atoms with E-state index in [0.29, 0.717) is 11.4 Å². The predicted molar refractivity (Wildman–Crippen MR) is 85.6 cm³/mol. The first kappa shape index (κ1) is 15.3. The molecule has 1 amide bonds. The molecule has 0 radical (unpaired) electrons. The smallest absolute Gasteiger partial charge is 0.256 e. The summed E-state index contributed by atoms with van der Waals surface area (Å²) in [6.45, 7) is 4.29. The van der Waals surface area contributed by atoms with Crippen LogP contribution in [-0.2, 0) is 12.8 Å². The number of aromatic amines is 1. The summed E-state index contributed by atoms with van der Waals surface area (Å²) in [4.78, 5) is 12.1. The lowest BCUT2D eigenvalue weighted by Crippen LogP contribution is -2.12. The molecule has 0 aliphatic heterocycles. The van der Waals surface area contributed by atoms with Crippen molar-refractivity contribution in [2.45, 2.75) is 46.0 Å². The summed E-state index contributed by atoms with van der Waals surface area (Å²) in [5.41, 5.74) is 2.98. The number of nitrogens with zero attached hydrogens (tertiary/aromatic N) is 1. The maximum Gasteiger partial charge on any atom is 0.256 e. The Morgan fingerprint density at radius 1 is 1.14 bits per heavy atom. The van der Waals surface area contributed by atoms with Crippen molar-refractivity contribution in [3.63, 3.8) is 0 Å². The van der Waals surface area contributed by atoms with Gasteiger partial charge in [-0.15, -0.1) is 0 Å². The topological polar surface area (TPSA) is 57.8 Å². The summed E-state index contributed by atoms with van der Waals surface area (Å²) in [6, 6.07) is 9.69. The molecule has 2 aromatic rings. The average molecular weight is 285 g/mol. The fourth-order valence-electron chi connectivity index (χ4n) is 2.22. The first-order chi connectivity index (χ1) is 10.2. The third-order valence-corrected chi connectivity index (χ3v) is 3.43. The molecule has 2 rings (SSSR count). The van der Waals surface area contributed by atoms with E-state index in [1.165, 1.54) is 18.4 Å². The molecular formula is C17H23N3O. The quantitative estimate of drug-likeness (QED) is 0.809. The molecule has 4 heteroatoms. The Hall–Kier alpha value is -2.10. The summed E-state index contributed by atoms with van der Waals surface area (Å²) in [7, 11) is 0. The van der Waals surface area contributed by atoms with Gasteiger partial charge in [0.2, 0.25) is 0 Å². The van der Waals surface area contributed by atoms with E-state index in [-0.39, 0.29) is 5.91 Å². The number of rotatable bonds is 7. The van der Waals surface area contributed by atoms with Gasteiger partial charge in [-0.1, -0.05) is 38.8 Å². The van der Waals surface area contributed by atoms with Gasteiger partial charge in [0.1, 0.15) is 0 Å². The number of benzene rings is 1. The van der Waals surface area contributed by atoms with Crippen molar-refractivity contribution < 1.29 is 4.79 Å². The number of unbranched alkanes of at least 4 members (excludes halogenated alkanes) is 1. The number of nitrogens with one attached hydrogen (secondary N) is 2. The van der Waals surface area contributed by atoms with Gasteiger partial charge in [0.05, 0.1) is 0 Å². The van der Waals surface area contributed by atoms with E-state index in [2.05, 4.69) is 29.4 Å². The number of carbonyl (C=O) groups is 1. The maximum absolute atomic E-state index is 12.1. The molecule has 0 aliphatic rings. The molecule has 1 aromatic heterocycles. The monoisotopic (exact) mass is 285 g/mol. The SMILES string of the molecule is CCCCc1ccc(C(=O)Nc2cc(CCC)[nH]n2)cc1. The Kier molecular flexibility index (Phi) is 5.55. The highest BCUT2D eigenvalue weighted by Crippen LogP contribution is 2.11. The molecule has 0 fully saturated rings. The van der Waals surface area contributed by atoms with Gasteiger partial charge in [0, 0.05) is 17.3 Å². The molecule has 0 spiro atoms. The van der Waals surface area contributed by atoms with E-state index in [9.17, 15) is 4.79 Å². The summed E-state index contributed by atoms with van der Waals surface area (Å²) in [6.07, 6.45) is 5.42. The van der Waals surface area contributed by atoms with Gasteiger partial charge < -0.3 is 5.32 Å². The number of hydrogen-bond donors (Lipinski definition) is 2. The van der Waals surface area contributed by atoms with E-state index in [4.69, 9.17) is 0 Å². The molecule has 2 N–H and O–H groups in total. The van der Waals surface area contributed by atoms with Crippen LogP contribution in [0.5, 0.6) is 0 Å². The van der Waals surface area contributed by atoms with Gasteiger partial charge in [-0.2, -0.15) is 5.10 Å². The molecule has 1 aromatic carbocycles. The standard InChI is InChI=1S/C17H23N3O/c1-3-5-7-13-8-10-14(11-9-13)17(21)18-16-12-15(6-4-2)19-20-16/h8-12H,3-7H2,1-2H3,(H2,18,19,20,21). The van der Waals surface area contributed by atoms with Crippen molar-refractivity contribution in [2.24, 2.45) is 0 Å². The minimum Gasteiger partial charge on any atom is -0.305 e. The minimum absolute atomic E-state index is 0.119. The molecule has 4 nitrogen and oxygen atoms in total. The number of aryl methyl sites for hydroxylation is 2. The summed E-state index contributed by atoms with van der Waals surface area (Å²) < 4.78 is 0. The van der Waals surface area contributed by atoms with Crippen LogP contribution in [-0.4, -0.2) is 16.1 Å². The molecule has 0 saturated carbocycles. The van der Waals surface area contributed by atoms with E-state index in [0.717, 1.165) is 25.0 Å². The van der Waals surface area contributed by atoms with Crippen LogP contribution in [0.2, 0.25) is 0 Å². The fraction of sp³-hybridized carbons (Fsp3) is 0.412. The highest BCUT2D eigenvalue weighted by atomic mass is 16.1. The van der Waals surface area contributed by atoms with Crippen molar-refractivity contribution in [2.75, 3.05) is 5.32 Å². The third kappa shape index (κ3) is 4.45. The van der Waals surface area contributed by atoms with Crippen LogP contribution in [0.1, 0.15) is 54.7 Å². The second-order valence-corrected chi connectivity index (χ2v) is 5.28. The average Bonchev–Trinajstić information content (AvgIpc) is 2.93. The first-order valence-electron chi connectivity index (χ1n) is 7.67. The second-order valence-electron chi connectivity index (χ2n) is 5.28. The number of hydrogen-bond acceptors (Lipinski definition) is 2. The lowest BCUT2D eigenvalue weighted by atomic mass is 10.1. The number of carbonyl (C=O) groups excluding carboxylic acids is 1. The van der Waals surface area contributed by atoms with Crippen molar-refractivity contribution in [1.29, 1.82) is 0 Å². The lowest BCUT2D eigenvalue weighted by molar-refractivity contribution is 0.102. The van der Waals surface area contributed by atoms with Crippen LogP contribution in [0.4, 0.5) is 5.82 Å². The van der Waals surface area contributed by atoms with Crippen molar-refractivity contribution in [3.05, 3.63) is 47.2 Å². The predicted octanol–water partition coefficient (Wildman–Crippen LogP) is 3.96. The van der Waals surface area contributed by atoms with Crippen LogP contribution in [0, 0.1) is 0 Å². The summed E-state index contributed by atoms with van der Waals surface area (Å²) in [5, 5.41) is 9.85. The number of amides is 1. The largest absolute Gasteiger partial charge is 0.305 e. The zero-order valence-corrected chi connectivity index (χ0v) is 12.8.